The van der Waals surface area contributed by atoms with Gasteiger partial charge in [-0.3, -0.25) is 4.79 Å². The molecule has 6 heteroatoms. The number of para-hydroxylation sites is 2. The monoisotopic (exact) mass is 362 g/mol. The summed E-state index contributed by atoms with van der Waals surface area (Å²) in [6.07, 6.45) is 0. The van der Waals surface area contributed by atoms with E-state index in [9.17, 15) is 4.79 Å². The number of imidazole rings is 1. The van der Waals surface area contributed by atoms with Gasteiger partial charge in [0.25, 0.3) is 0 Å². The molecule has 26 heavy (non-hydrogen) atoms. The summed E-state index contributed by atoms with van der Waals surface area (Å²) in [5.41, 5.74) is 7.39. The Morgan fingerprint density at radius 3 is 2.65 bits per heavy atom. The van der Waals surface area contributed by atoms with Crippen molar-refractivity contribution in [3.8, 4) is 11.5 Å². The number of carbonyl (C=O) groups excluding carboxylic acids is 1. The van der Waals surface area contributed by atoms with Crippen molar-refractivity contribution in [2.45, 2.75) is 20.4 Å². The van der Waals surface area contributed by atoms with Crippen molar-refractivity contribution in [2.75, 3.05) is 5.32 Å². The topological polar surface area (TPSA) is 59.8 Å². The van der Waals surface area contributed by atoms with Crippen LogP contribution in [0, 0.1) is 13.8 Å². The molecular weight excluding hydrogens is 344 g/mol. The van der Waals surface area contributed by atoms with Gasteiger partial charge < -0.3 is 9.88 Å². The van der Waals surface area contributed by atoms with Gasteiger partial charge in [0, 0.05) is 11.1 Å². The minimum atomic E-state index is -0.0883. The highest BCUT2D eigenvalue weighted by molar-refractivity contribution is 7.07. The first-order chi connectivity index (χ1) is 12.6. The predicted octanol–water partition coefficient (Wildman–Crippen LogP) is 4.42. The first-order valence-electron chi connectivity index (χ1n) is 8.32. The summed E-state index contributed by atoms with van der Waals surface area (Å²) in [6, 6.07) is 13.8. The van der Waals surface area contributed by atoms with Crippen molar-refractivity contribution in [3.63, 3.8) is 0 Å². The van der Waals surface area contributed by atoms with Crippen molar-refractivity contribution in [3.05, 3.63) is 64.5 Å². The van der Waals surface area contributed by atoms with Gasteiger partial charge >= 0.3 is 0 Å². The molecular formula is C20H18N4OS. The van der Waals surface area contributed by atoms with Crippen molar-refractivity contribution < 1.29 is 4.79 Å². The third kappa shape index (κ3) is 3.23. The lowest BCUT2D eigenvalue weighted by Gasteiger charge is -2.10. The molecule has 2 heterocycles. The fourth-order valence-electron chi connectivity index (χ4n) is 3.15. The fraction of sp³-hybridized carbons (Fsp3) is 0.150. The lowest BCUT2D eigenvalue weighted by Crippen LogP contribution is -2.19. The summed E-state index contributed by atoms with van der Waals surface area (Å²) < 4.78 is 1.92. The maximum atomic E-state index is 12.7. The maximum Gasteiger partial charge on any atom is 0.244 e. The van der Waals surface area contributed by atoms with Crippen LogP contribution in [0.25, 0.3) is 22.6 Å². The number of nitrogens with one attached hydrogen (secondary N) is 1. The van der Waals surface area contributed by atoms with Gasteiger partial charge in [-0.1, -0.05) is 18.2 Å². The summed E-state index contributed by atoms with van der Waals surface area (Å²) in [7, 11) is 0. The predicted molar refractivity (Wildman–Crippen MR) is 105 cm³/mol. The van der Waals surface area contributed by atoms with E-state index in [0.29, 0.717) is 5.82 Å². The van der Waals surface area contributed by atoms with Crippen LogP contribution in [-0.4, -0.2) is 20.4 Å². The Hall–Kier alpha value is -2.99. The number of amides is 1. The van der Waals surface area contributed by atoms with Crippen LogP contribution >= 0.6 is 11.3 Å². The largest absolute Gasteiger partial charge is 0.325 e. The Morgan fingerprint density at radius 1 is 1.15 bits per heavy atom. The molecule has 4 aromatic rings. The Labute approximate surface area is 155 Å². The molecule has 0 saturated carbocycles. The zero-order valence-corrected chi connectivity index (χ0v) is 15.4. The molecule has 0 unspecified atom stereocenters. The Bertz CT molecular complexity index is 1060. The van der Waals surface area contributed by atoms with Gasteiger partial charge in [-0.15, -0.1) is 11.3 Å². The average molecular weight is 362 g/mol. The van der Waals surface area contributed by atoms with Crippen LogP contribution in [0.3, 0.4) is 0 Å². The summed E-state index contributed by atoms with van der Waals surface area (Å²) in [5.74, 6) is 0.623. The second-order valence-corrected chi connectivity index (χ2v) is 7.03. The van der Waals surface area contributed by atoms with Crippen molar-refractivity contribution in [1.29, 1.82) is 0 Å². The van der Waals surface area contributed by atoms with Crippen molar-refractivity contribution in [1.82, 2.24) is 14.5 Å². The van der Waals surface area contributed by atoms with Crippen LogP contribution in [-0.2, 0) is 11.3 Å². The highest BCUT2D eigenvalue weighted by atomic mass is 32.1. The third-order valence-corrected chi connectivity index (χ3v) is 4.71. The molecule has 130 valence electrons. The van der Waals surface area contributed by atoms with Crippen LogP contribution in [0.15, 0.2) is 53.4 Å². The molecule has 0 saturated heterocycles. The number of hydrogen-bond acceptors (Lipinski definition) is 4. The fourth-order valence-corrected chi connectivity index (χ4v) is 3.68. The van der Waals surface area contributed by atoms with Crippen LogP contribution in [0.5, 0.6) is 0 Å². The van der Waals surface area contributed by atoms with E-state index < -0.39 is 0 Å². The van der Waals surface area contributed by atoms with Crippen molar-refractivity contribution >= 4 is 34.0 Å². The Morgan fingerprint density at radius 2 is 1.92 bits per heavy atom. The van der Waals surface area contributed by atoms with Gasteiger partial charge in [-0.05, 0) is 49.2 Å². The van der Waals surface area contributed by atoms with E-state index >= 15 is 0 Å². The normalized spacial score (nSPS) is 11.0. The zero-order valence-electron chi connectivity index (χ0n) is 14.6. The van der Waals surface area contributed by atoms with E-state index in [4.69, 9.17) is 0 Å². The van der Waals surface area contributed by atoms with Crippen LogP contribution < -0.4 is 5.32 Å². The number of anilines is 1. The first-order valence-corrected chi connectivity index (χ1v) is 9.26. The SMILES string of the molecule is Cc1cc(C)cc(NC(=O)Cn2c(-c3cscn3)nc3ccccc32)c1. The Balaban J connectivity index is 1.68. The number of benzene rings is 2. The van der Waals surface area contributed by atoms with Gasteiger partial charge in [0.2, 0.25) is 5.91 Å². The third-order valence-electron chi connectivity index (χ3n) is 4.12. The number of hydrogen-bond donors (Lipinski definition) is 1. The molecule has 0 spiro atoms. The van der Waals surface area contributed by atoms with E-state index in [0.717, 1.165) is 33.5 Å². The van der Waals surface area contributed by atoms with Crippen molar-refractivity contribution in [2.24, 2.45) is 0 Å². The Kier molecular flexibility index (Phi) is 4.26. The molecule has 0 aliphatic carbocycles. The number of rotatable bonds is 4. The molecule has 0 fully saturated rings. The molecule has 1 N–H and O–H groups in total. The molecule has 5 nitrogen and oxygen atoms in total. The van der Waals surface area contributed by atoms with Gasteiger partial charge in [-0.25, -0.2) is 9.97 Å². The van der Waals surface area contributed by atoms with Crippen LogP contribution in [0.2, 0.25) is 0 Å². The lowest BCUT2D eigenvalue weighted by molar-refractivity contribution is -0.116. The quantitative estimate of drug-likeness (QED) is 0.585. The van der Waals surface area contributed by atoms with E-state index in [2.05, 4.69) is 21.4 Å². The molecule has 0 bridgehead atoms. The van der Waals surface area contributed by atoms with Gasteiger partial charge in [0.1, 0.15) is 12.2 Å². The molecule has 2 aromatic heterocycles. The number of carbonyl (C=O) groups is 1. The molecule has 4 rings (SSSR count). The number of aromatic nitrogens is 3. The zero-order chi connectivity index (χ0) is 18.1. The minimum Gasteiger partial charge on any atom is -0.325 e. The van der Waals surface area contributed by atoms with Gasteiger partial charge in [0.05, 0.1) is 16.5 Å². The highest BCUT2D eigenvalue weighted by Crippen LogP contribution is 2.25. The molecule has 2 aromatic carbocycles. The first kappa shape index (κ1) is 16.5. The highest BCUT2D eigenvalue weighted by Gasteiger charge is 2.16. The average Bonchev–Trinajstić information content (AvgIpc) is 3.22. The lowest BCUT2D eigenvalue weighted by atomic mass is 10.1. The smallest absolute Gasteiger partial charge is 0.244 e. The summed E-state index contributed by atoms with van der Waals surface area (Å²) in [4.78, 5) is 21.7. The molecule has 0 atom stereocenters. The number of nitrogens with zero attached hydrogens (tertiary/aromatic N) is 3. The van der Waals surface area contributed by atoms with Gasteiger partial charge in [-0.2, -0.15) is 0 Å². The molecule has 0 aliphatic rings. The summed E-state index contributed by atoms with van der Waals surface area (Å²) >= 11 is 1.51. The standard InChI is InChI=1S/C20H18N4OS/c1-13-7-14(2)9-15(8-13)22-19(25)10-24-18-6-4-3-5-16(18)23-20(24)17-11-26-12-21-17/h3-9,11-12H,10H2,1-2H3,(H,22,25). The van der Waals surface area contributed by atoms with E-state index in [1.54, 1.807) is 5.51 Å². The van der Waals surface area contributed by atoms with E-state index in [1.165, 1.54) is 11.3 Å². The summed E-state index contributed by atoms with van der Waals surface area (Å²) in [5, 5.41) is 4.94. The van der Waals surface area contributed by atoms with E-state index in [-0.39, 0.29) is 12.5 Å². The second-order valence-electron chi connectivity index (χ2n) is 6.31. The minimum absolute atomic E-state index is 0.0883. The summed E-state index contributed by atoms with van der Waals surface area (Å²) in [6.45, 7) is 4.22. The van der Waals surface area contributed by atoms with E-state index in [1.807, 2.05) is 60.2 Å². The molecule has 0 radical (unpaired) electrons. The number of aryl methyl sites for hydroxylation is 2. The number of fused-ring (bicyclic) bond motifs is 1. The van der Waals surface area contributed by atoms with Gasteiger partial charge in [0.15, 0.2) is 5.82 Å². The second kappa shape index (κ2) is 6.72. The maximum absolute atomic E-state index is 12.7. The van der Waals surface area contributed by atoms with Crippen LogP contribution in [0.4, 0.5) is 5.69 Å². The molecule has 0 aliphatic heterocycles. The molecule has 1 amide bonds. The van der Waals surface area contributed by atoms with Crippen LogP contribution in [0.1, 0.15) is 11.1 Å². The number of thiazole rings is 1.